The second-order valence-corrected chi connectivity index (χ2v) is 4.01. The molecule has 0 saturated carbocycles. The van der Waals surface area contributed by atoms with E-state index in [1.54, 1.807) is 0 Å². The lowest BCUT2D eigenvalue weighted by molar-refractivity contribution is -0.0153. The second-order valence-electron chi connectivity index (χ2n) is 3.64. The van der Waals surface area contributed by atoms with E-state index in [4.69, 9.17) is 9.47 Å². The van der Waals surface area contributed by atoms with Crippen LogP contribution in [-0.4, -0.2) is 31.7 Å². The van der Waals surface area contributed by atoms with Gasteiger partial charge in [0.1, 0.15) is 0 Å². The largest absolute Gasteiger partial charge is 0.379 e. The summed E-state index contributed by atoms with van der Waals surface area (Å²) in [6, 6.07) is 0. The molecule has 0 aliphatic carbocycles. The molecule has 0 radical (unpaired) electrons. The van der Waals surface area contributed by atoms with Gasteiger partial charge in [0.25, 0.3) is 0 Å². The average molecular weight is 220 g/mol. The molecule has 3 heteroatoms. The van der Waals surface area contributed by atoms with Crippen LogP contribution in [0.3, 0.4) is 0 Å². The molecule has 0 rings (SSSR count). The maximum atomic E-state index is 5.68. The second kappa shape index (κ2) is 9.81. The average Bonchev–Trinajstić information content (AvgIpc) is 2.21. The zero-order chi connectivity index (χ0) is 10.8. The maximum absolute atomic E-state index is 5.68. The van der Waals surface area contributed by atoms with Crippen LogP contribution in [0.25, 0.3) is 0 Å². The SMILES string of the molecule is CCCC(CS)COC(C)COCC. The lowest BCUT2D eigenvalue weighted by atomic mass is 10.1. The highest BCUT2D eigenvalue weighted by Crippen LogP contribution is 2.09. The minimum Gasteiger partial charge on any atom is -0.379 e. The molecule has 2 unspecified atom stereocenters. The van der Waals surface area contributed by atoms with Gasteiger partial charge >= 0.3 is 0 Å². The highest BCUT2D eigenvalue weighted by molar-refractivity contribution is 7.80. The lowest BCUT2D eigenvalue weighted by Crippen LogP contribution is -2.21. The van der Waals surface area contributed by atoms with Crippen LogP contribution >= 0.6 is 12.6 Å². The molecule has 14 heavy (non-hydrogen) atoms. The third-order valence-electron chi connectivity index (χ3n) is 2.13. The van der Waals surface area contributed by atoms with Crippen LogP contribution in [0.2, 0.25) is 0 Å². The van der Waals surface area contributed by atoms with E-state index in [1.165, 1.54) is 12.8 Å². The molecular weight excluding hydrogens is 196 g/mol. The van der Waals surface area contributed by atoms with Crippen LogP contribution < -0.4 is 0 Å². The summed E-state index contributed by atoms with van der Waals surface area (Å²) in [4.78, 5) is 0. The van der Waals surface area contributed by atoms with Crippen molar-refractivity contribution in [2.45, 2.75) is 39.7 Å². The third kappa shape index (κ3) is 7.65. The summed E-state index contributed by atoms with van der Waals surface area (Å²) in [7, 11) is 0. The number of ether oxygens (including phenoxy) is 2. The molecule has 0 saturated heterocycles. The van der Waals surface area contributed by atoms with Crippen LogP contribution in [0.15, 0.2) is 0 Å². The summed E-state index contributed by atoms with van der Waals surface area (Å²) in [5.74, 6) is 1.50. The molecule has 2 atom stereocenters. The first-order chi connectivity index (χ1) is 6.74. The summed E-state index contributed by atoms with van der Waals surface area (Å²) in [5, 5.41) is 0. The van der Waals surface area contributed by atoms with Crippen LogP contribution in [0, 0.1) is 5.92 Å². The van der Waals surface area contributed by atoms with E-state index < -0.39 is 0 Å². The number of rotatable bonds is 9. The summed E-state index contributed by atoms with van der Waals surface area (Å²) in [6.07, 6.45) is 2.61. The molecule has 0 aliphatic heterocycles. The highest BCUT2D eigenvalue weighted by atomic mass is 32.1. The molecule has 0 heterocycles. The smallest absolute Gasteiger partial charge is 0.0780 e. The highest BCUT2D eigenvalue weighted by Gasteiger charge is 2.08. The van der Waals surface area contributed by atoms with E-state index in [0.29, 0.717) is 12.5 Å². The molecule has 0 bridgehead atoms. The van der Waals surface area contributed by atoms with Crippen LogP contribution in [0.5, 0.6) is 0 Å². The lowest BCUT2D eigenvalue weighted by Gasteiger charge is -2.18. The number of thiol groups is 1. The van der Waals surface area contributed by atoms with Gasteiger partial charge in [-0.15, -0.1) is 0 Å². The summed E-state index contributed by atoms with van der Waals surface area (Å²) >= 11 is 4.31. The van der Waals surface area contributed by atoms with E-state index in [2.05, 4.69) is 26.5 Å². The Labute approximate surface area is 93.8 Å². The molecule has 0 aromatic heterocycles. The van der Waals surface area contributed by atoms with Crippen LogP contribution in [-0.2, 0) is 9.47 Å². The Morgan fingerprint density at radius 2 is 1.93 bits per heavy atom. The molecule has 0 aromatic rings. The first-order valence-corrected chi connectivity index (χ1v) is 6.17. The monoisotopic (exact) mass is 220 g/mol. The normalized spacial score (nSPS) is 15.4. The van der Waals surface area contributed by atoms with Crippen LogP contribution in [0.1, 0.15) is 33.6 Å². The summed E-state index contributed by atoms with van der Waals surface area (Å²) in [6.45, 7) is 8.52. The first kappa shape index (κ1) is 14.3. The van der Waals surface area contributed by atoms with Crippen molar-refractivity contribution in [2.24, 2.45) is 5.92 Å². The van der Waals surface area contributed by atoms with Gasteiger partial charge in [-0.1, -0.05) is 13.3 Å². The summed E-state index contributed by atoms with van der Waals surface area (Å²) in [5.41, 5.74) is 0. The van der Waals surface area contributed by atoms with Gasteiger partial charge in [-0.2, -0.15) is 12.6 Å². The Kier molecular flexibility index (Phi) is 10.0. The predicted octanol–water partition coefficient (Wildman–Crippen LogP) is 2.77. The molecule has 0 N–H and O–H groups in total. The van der Waals surface area contributed by atoms with Crippen molar-refractivity contribution in [1.29, 1.82) is 0 Å². The van der Waals surface area contributed by atoms with Gasteiger partial charge in [-0.05, 0) is 31.9 Å². The van der Waals surface area contributed by atoms with E-state index in [9.17, 15) is 0 Å². The molecule has 2 nitrogen and oxygen atoms in total. The van der Waals surface area contributed by atoms with Gasteiger partial charge < -0.3 is 9.47 Å². The van der Waals surface area contributed by atoms with E-state index in [-0.39, 0.29) is 6.10 Å². The maximum Gasteiger partial charge on any atom is 0.0780 e. The van der Waals surface area contributed by atoms with Crippen molar-refractivity contribution >= 4 is 12.6 Å². The van der Waals surface area contributed by atoms with Gasteiger partial charge in [-0.25, -0.2) is 0 Å². The van der Waals surface area contributed by atoms with Crippen molar-refractivity contribution in [3.8, 4) is 0 Å². The Balaban J connectivity index is 3.46. The first-order valence-electron chi connectivity index (χ1n) is 5.54. The minimum absolute atomic E-state index is 0.203. The number of hydrogen-bond donors (Lipinski definition) is 1. The van der Waals surface area contributed by atoms with Crippen molar-refractivity contribution in [3.05, 3.63) is 0 Å². The molecule has 0 amide bonds. The van der Waals surface area contributed by atoms with E-state index >= 15 is 0 Å². The minimum atomic E-state index is 0.203. The van der Waals surface area contributed by atoms with Gasteiger partial charge in [0.2, 0.25) is 0 Å². The van der Waals surface area contributed by atoms with Gasteiger partial charge in [-0.3, -0.25) is 0 Å². The van der Waals surface area contributed by atoms with Gasteiger partial charge in [0, 0.05) is 6.61 Å². The Bertz CT molecular complexity index is 120. The fourth-order valence-electron chi connectivity index (χ4n) is 1.27. The zero-order valence-electron chi connectivity index (χ0n) is 9.66. The Morgan fingerprint density at radius 1 is 1.21 bits per heavy atom. The quantitative estimate of drug-likeness (QED) is 0.602. The molecule has 86 valence electrons. The Morgan fingerprint density at radius 3 is 2.43 bits per heavy atom. The fraction of sp³-hybridized carbons (Fsp3) is 1.00. The molecule has 0 aliphatic rings. The molecular formula is C11H24O2S. The third-order valence-corrected chi connectivity index (χ3v) is 2.64. The molecule has 0 aromatic carbocycles. The van der Waals surface area contributed by atoms with Crippen LogP contribution in [0.4, 0.5) is 0 Å². The Hall–Kier alpha value is 0.270. The molecule has 0 spiro atoms. The zero-order valence-corrected chi connectivity index (χ0v) is 10.6. The predicted molar refractivity (Wildman–Crippen MR) is 64.2 cm³/mol. The van der Waals surface area contributed by atoms with Gasteiger partial charge in [0.05, 0.1) is 19.3 Å². The van der Waals surface area contributed by atoms with Crippen molar-refractivity contribution in [1.82, 2.24) is 0 Å². The summed E-state index contributed by atoms with van der Waals surface area (Å²) < 4.78 is 11.0. The number of hydrogen-bond acceptors (Lipinski definition) is 3. The standard InChI is InChI=1S/C11H24O2S/c1-4-6-11(9-14)8-13-10(3)7-12-5-2/h10-11,14H,4-9H2,1-3H3. The fourth-order valence-corrected chi connectivity index (χ4v) is 1.56. The van der Waals surface area contributed by atoms with Crippen molar-refractivity contribution in [2.75, 3.05) is 25.6 Å². The van der Waals surface area contributed by atoms with E-state index in [0.717, 1.165) is 19.0 Å². The van der Waals surface area contributed by atoms with Crippen molar-refractivity contribution in [3.63, 3.8) is 0 Å². The van der Waals surface area contributed by atoms with E-state index in [1.807, 2.05) is 6.92 Å². The van der Waals surface area contributed by atoms with Gasteiger partial charge in [0.15, 0.2) is 0 Å². The molecule has 0 fully saturated rings. The topological polar surface area (TPSA) is 18.5 Å². The van der Waals surface area contributed by atoms with Crippen molar-refractivity contribution < 1.29 is 9.47 Å².